The molecule has 0 N–H and O–H groups in total. The highest BCUT2D eigenvalue weighted by molar-refractivity contribution is 5.92. The summed E-state index contributed by atoms with van der Waals surface area (Å²) in [7, 11) is 1.92. The highest BCUT2D eigenvalue weighted by Crippen LogP contribution is 2.30. The Hall–Kier alpha value is -2.08. The van der Waals surface area contributed by atoms with Crippen LogP contribution in [0.15, 0.2) is 16.5 Å². The Balaban J connectivity index is 1.94. The van der Waals surface area contributed by atoms with E-state index >= 15 is 0 Å². The number of rotatable bonds is 3. The summed E-state index contributed by atoms with van der Waals surface area (Å²) in [6.07, 6.45) is 0.778. The standard InChI is InChI=1S/C17H23N3O3/c1-5-13-6-7-15(23-13)17(21)20-8-9-22-10-14(20)16-11(2)18-19(4)12(16)3/h6-7,14H,5,8-10H2,1-4H3/t14-/m1/s1. The maximum atomic E-state index is 12.9. The van der Waals surface area contributed by atoms with E-state index in [-0.39, 0.29) is 11.9 Å². The van der Waals surface area contributed by atoms with Gasteiger partial charge in [-0.1, -0.05) is 6.92 Å². The summed E-state index contributed by atoms with van der Waals surface area (Å²) in [5.74, 6) is 1.14. The molecule has 1 amide bonds. The van der Waals surface area contributed by atoms with Crippen molar-refractivity contribution >= 4 is 5.91 Å². The Morgan fingerprint density at radius 3 is 2.78 bits per heavy atom. The molecule has 1 aliphatic heterocycles. The Labute approximate surface area is 136 Å². The van der Waals surface area contributed by atoms with Crippen molar-refractivity contribution in [2.75, 3.05) is 19.8 Å². The van der Waals surface area contributed by atoms with E-state index in [9.17, 15) is 4.79 Å². The minimum atomic E-state index is -0.125. The predicted octanol–water partition coefficient (Wildman–Crippen LogP) is 2.41. The Bertz CT molecular complexity index is 717. The van der Waals surface area contributed by atoms with E-state index in [1.54, 1.807) is 6.07 Å². The molecular weight excluding hydrogens is 294 g/mol. The SMILES string of the molecule is CCc1ccc(C(=O)N2CCOC[C@@H]2c2c(C)nn(C)c2C)o1. The average molecular weight is 317 g/mol. The molecule has 1 atom stereocenters. The fourth-order valence-electron chi connectivity index (χ4n) is 3.18. The van der Waals surface area contributed by atoms with Gasteiger partial charge in [-0.05, 0) is 26.0 Å². The van der Waals surface area contributed by atoms with Gasteiger partial charge < -0.3 is 14.1 Å². The van der Waals surface area contributed by atoms with Crippen molar-refractivity contribution in [2.45, 2.75) is 33.2 Å². The fourth-order valence-corrected chi connectivity index (χ4v) is 3.18. The fraction of sp³-hybridized carbons (Fsp3) is 0.529. The second-order valence-electron chi connectivity index (χ2n) is 5.92. The van der Waals surface area contributed by atoms with Crippen molar-refractivity contribution in [3.8, 4) is 0 Å². The molecule has 2 aromatic rings. The molecule has 0 unspecified atom stereocenters. The number of ether oxygens (including phenoxy) is 1. The lowest BCUT2D eigenvalue weighted by Gasteiger charge is -2.35. The molecule has 6 nitrogen and oxygen atoms in total. The van der Waals surface area contributed by atoms with Crippen LogP contribution in [0.5, 0.6) is 0 Å². The summed E-state index contributed by atoms with van der Waals surface area (Å²) in [5.41, 5.74) is 3.07. The molecule has 0 saturated carbocycles. The third-order valence-electron chi connectivity index (χ3n) is 4.51. The van der Waals surface area contributed by atoms with Gasteiger partial charge in [0.25, 0.3) is 5.91 Å². The number of aryl methyl sites for hydroxylation is 3. The van der Waals surface area contributed by atoms with Crippen LogP contribution >= 0.6 is 0 Å². The third-order valence-corrected chi connectivity index (χ3v) is 4.51. The van der Waals surface area contributed by atoms with E-state index in [0.717, 1.165) is 29.1 Å². The van der Waals surface area contributed by atoms with E-state index in [4.69, 9.17) is 9.15 Å². The third kappa shape index (κ3) is 2.79. The zero-order valence-electron chi connectivity index (χ0n) is 14.1. The van der Waals surface area contributed by atoms with E-state index in [1.807, 2.05) is 43.5 Å². The van der Waals surface area contributed by atoms with Crippen LogP contribution in [0.4, 0.5) is 0 Å². The molecule has 3 rings (SSSR count). The molecule has 23 heavy (non-hydrogen) atoms. The van der Waals surface area contributed by atoms with Gasteiger partial charge in [-0.2, -0.15) is 5.10 Å². The Morgan fingerprint density at radius 2 is 2.17 bits per heavy atom. The summed E-state index contributed by atoms with van der Waals surface area (Å²) in [6.45, 7) is 7.59. The second kappa shape index (κ2) is 6.20. The molecule has 1 saturated heterocycles. The monoisotopic (exact) mass is 317 g/mol. The van der Waals surface area contributed by atoms with Crippen molar-refractivity contribution < 1.29 is 13.9 Å². The van der Waals surface area contributed by atoms with Crippen LogP contribution in [0.25, 0.3) is 0 Å². The molecule has 0 spiro atoms. The first-order valence-electron chi connectivity index (χ1n) is 8.00. The number of hydrogen-bond acceptors (Lipinski definition) is 4. The van der Waals surface area contributed by atoms with Gasteiger partial charge in [-0.3, -0.25) is 9.48 Å². The first-order valence-corrected chi connectivity index (χ1v) is 8.00. The van der Waals surface area contributed by atoms with Crippen LogP contribution in [0, 0.1) is 13.8 Å². The topological polar surface area (TPSA) is 60.5 Å². The highest BCUT2D eigenvalue weighted by Gasteiger charge is 2.34. The van der Waals surface area contributed by atoms with Crippen molar-refractivity contribution in [2.24, 2.45) is 7.05 Å². The van der Waals surface area contributed by atoms with Gasteiger partial charge >= 0.3 is 0 Å². The zero-order valence-corrected chi connectivity index (χ0v) is 14.1. The smallest absolute Gasteiger partial charge is 0.290 e. The second-order valence-corrected chi connectivity index (χ2v) is 5.92. The number of carbonyl (C=O) groups excluding carboxylic acids is 1. The number of nitrogens with zero attached hydrogens (tertiary/aromatic N) is 3. The van der Waals surface area contributed by atoms with Gasteiger partial charge in [0.15, 0.2) is 5.76 Å². The normalized spacial score (nSPS) is 18.4. The van der Waals surface area contributed by atoms with Crippen molar-refractivity contribution in [3.63, 3.8) is 0 Å². The first kappa shape index (κ1) is 15.8. The first-order chi connectivity index (χ1) is 11.0. The zero-order chi connectivity index (χ0) is 16.6. The lowest BCUT2D eigenvalue weighted by atomic mass is 10.0. The number of amides is 1. The molecule has 2 aromatic heterocycles. The van der Waals surface area contributed by atoms with Crippen LogP contribution in [0.3, 0.4) is 0 Å². The van der Waals surface area contributed by atoms with Crippen LogP contribution in [0.1, 0.15) is 46.2 Å². The Morgan fingerprint density at radius 1 is 1.39 bits per heavy atom. The summed E-state index contributed by atoms with van der Waals surface area (Å²) < 4.78 is 13.1. The van der Waals surface area contributed by atoms with Crippen molar-refractivity contribution in [3.05, 3.63) is 40.6 Å². The molecule has 124 valence electrons. The van der Waals surface area contributed by atoms with E-state index in [1.165, 1.54) is 0 Å². The van der Waals surface area contributed by atoms with Gasteiger partial charge in [-0.15, -0.1) is 0 Å². The van der Waals surface area contributed by atoms with Gasteiger partial charge in [0.1, 0.15) is 5.76 Å². The maximum Gasteiger partial charge on any atom is 0.290 e. The molecule has 1 fully saturated rings. The van der Waals surface area contributed by atoms with Gasteiger partial charge in [0.2, 0.25) is 0 Å². The molecule has 0 aromatic carbocycles. The number of aromatic nitrogens is 2. The maximum absolute atomic E-state index is 12.9. The van der Waals surface area contributed by atoms with Gasteiger partial charge in [-0.25, -0.2) is 0 Å². The molecule has 0 bridgehead atoms. The summed E-state index contributed by atoms with van der Waals surface area (Å²) in [4.78, 5) is 14.7. The van der Waals surface area contributed by atoms with Crippen LogP contribution in [-0.4, -0.2) is 40.3 Å². The predicted molar refractivity (Wildman–Crippen MR) is 85.4 cm³/mol. The summed E-state index contributed by atoms with van der Waals surface area (Å²) in [5, 5.41) is 4.47. The summed E-state index contributed by atoms with van der Waals surface area (Å²) in [6, 6.07) is 3.50. The molecule has 0 aliphatic carbocycles. The largest absolute Gasteiger partial charge is 0.456 e. The van der Waals surface area contributed by atoms with E-state index < -0.39 is 0 Å². The van der Waals surface area contributed by atoms with Gasteiger partial charge in [0.05, 0.1) is 24.9 Å². The van der Waals surface area contributed by atoms with Crippen LogP contribution < -0.4 is 0 Å². The van der Waals surface area contributed by atoms with E-state index in [0.29, 0.717) is 25.5 Å². The lowest BCUT2D eigenvalue weighted by Crippen LogP contribution is -2.43. The van der Waals surface area contributed by atoms with Gasteiger partial charge in [0, 0.05) is 31.3 Å². The van der Waals surface area contributed by atoms with Crippen LogP contribution in [0.2, 0.25) is 0 Å². The quantitative estimate of drug-likeness (QED) is 0.872. The van der Waals surface area contributed by atoms with E-state index in [2.05, 4.69) is 5.10 Å². The number of morpholine rings is 1. The minimum Gasteiger partial charge on any atom is -0.456 e. The molecular formula is C17H23N3O3. The highest BCUT2D eigenvalue weighted by atomic mass is 16.5. The number of furan rings is 1. The minimum absolute atomic E-state index is 0.0827. The molecule has 0 radical (unpaired) electrons. The Kier molecular flexibility index (Phi) is 4.26. The van der Waals surface area contributed by atoms with Crippen molar-refractivity contribution in [1.82, 2.24) is 14.7 Å². The number of hydrogen-bond donors (Lipinski definition) is 0. The summed E-state index contributed by atoms with van der Waals surface area (Å²) >= 11 is 0. The molecule has 1 aliphatic rings. The molecule has 3 heterocycles. The van der Waals surface area contributed by atoms with Crippen LogP contribution in [-0.2, 0) is 18.2 Å². The molecule has 6 heteroatoms. The van der Waals surface area contributed by atoms with Crippen molar-refractivity contribution in [1.29, 1.82) is 0 Å². The number of carbonyl (C=O) groups is 1. The lowest BCUT2D eigenvalue weighted by molar-refractivity contribution is -0.00467. The average Bonchev–Trinajstić information content (AvgIpc) is 3.12.